The van der Waals surface area contributed by atoms with Gasteiger partial charge in [0.15, 0.2) is 5.96 Å². The lowest BCUT2D eigenvalue weighted by atomic mass is 9.87. The fraction of sp³-hybridized carbons (Fsp3) is 0.643. The van der Waals surface area contributed by atoms with Gasteiger partial charge in [0.05, 0.1) is 10.4 Å². The number of nitrogens with one attached hydrogen (secondary N) is 1. The summed E-state index contributed by atoms with van der Waals surface area (Å²) in [5.74, 6) is 1.01. The Morgan fingerprint density at radius 1 is 1.60 bits per heavy atom. The maximum Gasteiger partial charge on any atom is 0.193 e. The molecule has 3 rings (SSSR count). The number of rotatable bonds is 2. The van der Waals surface area contributed by atoms with Gasteiger partial charge in [-0.2, -0.15) is 0 Å². The maximum absolute atomic E-state index is 5.59. The molecule has 4 nitrogen and oxygen atoms in total. The predicted octanol–water partition coefficient (Wildman–Crippen LogP) is 2.70. The summed E-state index contributed by atoms with van der Waals surface area (Å²) < 4.78 is 6.76. The summed E-state index contributed by atoms with van der Waals surface area (Å²) in [5.41, 5.74) is 1.67. The zero-order valence-electron chi connectivity index (χ0n) is 11.7. The Kier molecular flexibility index (Phi) is 4.33. The standard InChI is InChI=1S/C14H20BrN3OS/c1-16-13(17-7-11-6-12(15)20-8-11)18-4-2-14(9-18)3-5-19-10-14/h6,8H,2-5,7,9-10H2,1H3,(H,16,17). The highest BCUT2D eigenvalue weighted by Crippen LogP contribution is 2.38. The second-order valence-electron chi connectivity index (χ2n) is 5.63. The molecule has 0 radical (unpaired) electrons. The second kappa shape index (κ2) is 6.03. The molecule has 1 spiro atoms. The zero-order chi connectivity index (χ0) is 14.0. The van der Waals surface area contributed by atoms with E-state index in [1.54, 1.807) is 11.3 Å². The third-order valence-corrected chi connectivity index (χ3v) is 5.76. The Balaban J connectivity index is 1.57. The maximum atomic E-state index is 5.59. The summed E-state index contributed by atoms with van der Waals surface area (Å²) in [7, 11) is 1.86. The molecule has 0 saturated carbocycles. The van der Waals surface area contributed by atoms with Crippen LogP contribution in [0.1, 0.15) is 18.4 Å². The van der Waals surface area contributed by atoms with E-state index in [1.165, 1.54) is 22.2 Å². The fourth-order valence-electron chi connectivity index (χ4n) is 3.04. The van der Waals surface area contributed by atoms with Crippen molar-refractivity contribution in [3.8, 4) is 0 Å². The van der Waals surface area contributed by atoms with Gasteiger partial charge in [0, 0.05) is 38.7 Å². The van der Waals surface area contributed by atoms with E-state index in [9.17, 15) is 0 Å². The Bertz CT molecular complexity index is 496. The van der Waals surface area contributed by atoms with Crippen LogP contribution in [-0.2, 0) is 11.3 Å². The van der Waals surface area contributed by atoms with Crippen LogP contribution >= 0.6 is 27.3 Å². The largest absolute Gasteiger partial charge is 0.381 e. The molecule has 6 heteroatoms. The predicted molar refractivity (Wildman–Crippen MR) is 86.3 cm³/mol. The van der Waals surface area contributed by atoms with Gasteiger partial charge >= 0.3 is 0 Å². The molecule has 3 heterocycles. The molecule has 1 unspecified atom stereocenters. The molecule has 1 N–H and O–H groups in total. The topological polar surface area (TPSA) is 36.9 Å². The first-order valence-electron chi connectivity index (χ1n) is 6.97. The van der Waals surface area contributed by atoms with Crippen molar-refractivity contribution in [2.75, 3.05) is 33.4 Å². The van der Waals surface area contributed by atoms with Gasteiger partial charge in [0.2, 0.25) is 0 Å². The molecule has 20 heavy (non-hydrogen) atoms. The van der Waals surface area contributed by atoms with Gasteiger partial charge in [-0.1, -0.05) is 0 Å². The molecule has 0 aromatic carbocycles. The van der Waals surface area contributed by atoms with Gasteiger partial charge in [0.1, 0.15) is 0 Å². The molecule has 1 atom stereocenters. The monoisotopic (exact) mass is 357 g/mol. The number of hydrogen-bond acceptors (Lipinski definition) is 3. The Hall–Kier alpha value is -0.590. The van der Waals surface area contributed by atoms with Gasteiger partial charge in [-0.15, -0.1) is 11.3 Å². The average Bonchev–Trinajstić information content (AvgIpc) is 3.15. The molecule has 0 bridgehead atoms. The highest BCUT2D eigenvalue weighted by molar-refractivity contribution is 9.11. The van der Waals surface area contributed by atoms with Crippen LogP contribution in [0.25, 0.3) is 0 Å². The Morgan fingerprint density at radius 2 is 2.50 bits per heavy atom. The highest BCUT2D eigenvalue weighted by atomic mass is 79.9. The second-order valence-corrected chi connectivity index (χ2v) is 7.92. The molecular formula is C14H20BrN3OS. The minimum Gasteiger partial charge on any atom is -0.381 e. The number of likely N-dealkylation sites (tertiary alicyclic amines) is 1. The lowest BCUT2D eigenvalue weighted by molar-refractivity contribution is 0.156. The van der Waals surface area contributed by atoms with Crippen LogP contribution in [0.4, 0.5) is 0 Å². The number of nitrogens with zero attached hydrogens (tertiary/aromatic N) is 2. The molecule has 1 aromatic heterocycles. The van der Waals surface area contributed by atoms with Crippen LogP contribution in [0, 0.1) is 5.41 Å². The van der Waals surface area contributed by atoms with E-state index in [1.807, 2.05) is 7.05 Å². The molecule has 2 aliphatic heterocycles. The van der Waals surface area contributed by atoms with Crippen LogP contribution in [0.3, 0.4) is 0 Å². The van der Waals surface area contributed by atoms with Crippen molar-refractivity contribution in [2.24, 2.45) is 10.4 Å². The molecule has 110 valence electrons. The first-order chi connectivity index (χ1) is 9.71. The lowest BCUT2D eigenvalue weighted by Crippen LogP contribution is -2.41. The molecule has 2 saturated heterocycles. The van der Waals surface area contributed by atoms with E-state index in [2.05, 4.69) is 42.6 Å². The van der Waals surface area contributed by atoms with Gasteiger partial charge in [-0.25, -0.2) is 0 Å². The van der Waals surface area contributed by atoms with Crippen molar-refractivity contribution >= 4 is 33.2 Å². The van der Waals surface area contributed by atoms with E-state index >= 15 is 0 Å². The summed E-state index contributed by atoms with van der Waals surface area (Å²) in [6.45, 7) is 4.81. The molecule has 0 amide bonds. The van der Waals surface area contributed by atoms with E-state index in [0.29, 0.717) is 5.41 Å². The number of ether oxygens (including phenoxy) is 1. The summed E-state index contributed by atoms with van der Waals surface area (Å²) in [6.07, 6.45) is 2.41. The summed E-state index contributed by atoms with van der Waals surface area (Å²) in [6, 6.07) is 2.15. The van der Waals surface area contributed by atoms with Crippen LogP contribution < -0.4 is 5.32 Å². The van der Waals surface area contributed by atoms with Crippen molar-refractivity contribution < 1.29 is 4.74 Å². The summed E-state index contributed by atoms with van der Waals surface area (Å²) >= 11 is 5.22. The van der Waals surface area contributed by atoms with E-state index in [0.717, 1.165) is 38.8 Å². The Labute approximate surface area is 132 Å². The molecule has 0 aliphatic carbocycles. The first-order valence-corrected chi connectivity index (χ1v) is 8.64. The number of halogens is 1. The van der Waals surface area contributed by atoms with Gasteiger partial charge < -0.3 is 15.0 Å². The molecule has 2 fully saturated rings. The van der Waals surface area contributed by atoms with Crippen LogP contribution in [-0.4, -0.2) is 44.2 Å². The van der Waals surface area contributed by atoms with E-state index < -0.39 is 0 Å². The molecule has 1 aromatic rings. The summed E-state index contributed by atoms with van der Waals surface area (Å²) in [4.78, 5) is 6.80. The Morgan fingerprint density at radius 3 is 3.15 bits per heavy atom. The van der Waals surface area contributed by atoms with Crippen molar-refractivity contribution in [2.45, 2.75) is 19.4 Å². The zero-order valence-corrected chi connectivity index (χ0v) is 14.1. The van der Waals surface area contributed by atoms with Crippen molar-refractivity contribution in [3.05, 3.63) is 20.8 Å². The third kappa shape index (κ3) is 3.02. The van der Waals surface area contributed by atoms with E-state index in [-0.39, 0.29) is 0 Å². The van der Waals surface area contributed by atoms with Crippen molar-refractivity contribution in [3.63, 3.8) is 0 Å². The highest BCUT2D eigenvalue weighted by Gasteiger charge is 2.42. The van der Waals surface area contributed by atoms with Crippen LogP contribution in [0.15, 0.2) is 20.2 Å². The first kappa shape index (κ1) is 14.4. The quantitative estimate of drug-likeness (QED) is 0.653. The van der Waals surface area contributed by atoms with Gasteiger partial charge in [0.25, 0.3) is 0 Å². The smallest absolute Gasteiger partial charge is 0.193 e. The fourth-order valence-corrected chi connectivity index (χ4v) is 4.25. The molecular weight excluding hydrogens is 338 g/mol. The van der Waals surface area contributed by atoms with Crippen LogP contribution in [0.5, 0.6) is 0 Å². The number of aliphatic imine (C=N–C) groups is 1. The average molecular weight is 358 g/mol. The third-order valence-electron chi connectivity index (χ3n) is 4.21. The van der Waals surface area contributed by atoms with Crippen molar-refractivity contribution in [1.82, 2.24) is 10.2 Å². The van der Waals surface area contributed by atoms with Crippen molar-refractivity contribution in [1.29, 1.82) is 0 Å². The number of thiophene rings is 1. The van der Waals surface area contributed by atoms with Crippen LogP contribution in [0.2, 0.25) is 0 Å². The van der Waals surface area contributed by atoms with E-state index in [4.69, 9.17) is 4.74 Å². The normalized spacial score (nSPS) is 26.7. The van der Waals surface area contributed by atoms with Gasteiger partial charge in [-0.3, -0.25) is 4.99 Å². The van der Waals surface area contributed by atoms with Gasteiger partial charge in [-0.05, 0) is 45.8 Å². The molecule has 2 aliphatic rings. The lowest BCUT2D eigenvalue weighted by Gasteiger charge is -2.24. The minimum atomic E-state index is 0.378. The SMILES string of the molecule is CN=C(NCc1csc(Br)c1)N1CCC2(CCOC2)C1. The minimum absolute atomic E-state index is 0.378. The number of hydrogen-bond donors (Lipinski definition) is 1. The summed E-state index contributed by atoms with van der Waals surface area (Å²) in [5, 5.41) is 5.64. The number of guanidine groups is 1.